The molecule has 10 heteroatoms. The highest BCUT2D eigenvalue weighted by atomic mass is 16.5. The molecule has 0 amide bonds. The highest BCUT2D eigenvalue weighted by Crippen LogP contribution is 2.01. The molecule has 0 aliphatic heterocycles. The normalized spacial score (nSPS) is 13.1. The molecule has 0 unspecified atom stereocenters. The summed E-state index contributed by atoms with van der Waals surface area (Å²) in [5, 5.41) is 31.0. The van der Waals surface area contributed by atoms with Crippen LogP contribution in [-0.2, 0) is 0 Å². The molecule has 1 aromatic rings. The van der Waals surface area contributed by atoms with E-state index in [0.29, 0.717) is 0 Å². The first-order valence-electron chi connectivity index (χ1n) is 5.29. The second-order valence-corrected chi connectivity index (χ2v) is 3.35. The van der Waals surface area contributed by atoms with E-state index in [-0.39, 0.29) is 11.9 Å². The van der Waals surface area contributed by atoms with Gasteiger partial charge in [-0.05, 0) is 17.2 Å². The molecule has 106 valence electrons. The molecule has 0 aliphatic rings. The van der Waals surface area contributed by atoms with Crippen LogP contribution in [0.1, 0.15) is 11.1 Å². The molecule has 0 bridgehead atoms. The van der Waals surface area contributed by atoms with Crippen LogP contribution in [0.3, 0.4) is 0 Å². The van der Waals surface area contributed by atoms with E-state index in [1.54, 1.807) is 35.2 Å². The van der Waals surface area contributed by atoms with Crippen LogP contribution in [0.25, 0.3) is 0 Å². The van der Waals surface area contributed by atoms with E-state index in [0.717, 1.165) is 11.1 Å². The van der Waals surface area contributed by atoms with Gasteiger partial charge in [0.05, 0.1) is 12.4 Å². The lowest BCUT2D eigenvalue weighted by atomic mass is 10.1. The largest absolute Gasteiger partial charge is 0.367 e. The number of rotatable bonds is 4. The van der Waals surface area contributed by atoms with Crippen LogP contribution in [0.2, 0.25) is 0 Å². The summed E-state index contributed by atoms with van der Waals surface area (Å²) in [6, 6.07) is 7.10. The second-order valence-electron chi connectivity index (χ2n) is 3.35. The lowest BCUT2D eigenvalue weighted by Gasteiger charge is -1.95. The number of guanidine groups is 2. The van der Waals surface area contributed by atoms with Gasteiger partial charge in [0.2, 0.25) is 11.9 Å². The molecule has 0 spiro atoms. The summed E-state index contributed by atoms with van der Waals surface area (Å²) in [6.45, 7) is 0. The highest BCUT2D eigenvalue weighted by molar-refractivity contribution is 5.87. The summed E-state index contributed by atoms with van der Waals surface area (Å²) in [7, 11) is 0. The smallest absolute Gasteiger partial charge is 0.237 e. The van der Waals surface area contributed by atoms with Gasteiger partial charge in [0.25, 0.3) is 0 Å². The Balaban J connectivity index is 2.76. The van der Waals surface area contributed by atoms with Crippen molar-refractivity contribution in [3.05, 3.63) is 35.4 Å². The van der Waals surface area contributed by atoms with Crippen molar-refractivity contribution in [3.63, 3.8) is 0 Å². The third kappa shape index (κ3) is 5.57. The Labute approximate surface area is 114 Å². The first-order valence-corrected chi connectivity index (χ1v) is 5.29. The van der Waals surface area contributed by atoms with Crippen molar-refractivity contribution in [2.75, 3.05) is 0 Å². The van der Waals surface area contributed by atoms with Crippen molar-refractivity contribution < 1.29 is 10.4 Å². The van der Waals surface area contributed by atoms with E-state index in [9.17, 15) is 0 Å². The van der Waals surface area contributed by atoms with Crippen molar-refractivity contribution >= 4 is 24.3 Å². The van der Waals surface area contributed by atoms with Crippen molar-refractivity contribution in [3.8, 4) is 0 Å². The fraction of sp³-hybridized carbons (Fsp3) is 0. The highest BCUT2D eigenvalue weighted by Gasteiger charge is 1.91. The third-order valence-electron chi connectivity index (χ3n) is 1.88. The summed E-state index contributed by atoms with van der Waals surface area (Å²) >= 11 is 0. The topological polar surface area (TPSA) is 166 Å². The van der Waals surface area contributed by atoms with Crippen LogP contribution in [0, 0.1) is 0 Å². The van der Waals surface area contributed by atoms with Crippen molar-refractivity contribution in [2.24, 2.45) is 31.9 Å². The molecule has 1 rings (SSSR count). The van der Waals surface area contributed by atoms with E-state index in [1.165, 1.54) is 12.4 Å². The summed E-state index contributed by atoms with van der Waals surface area (Å²) < 4.78 is 0. The molecule has 0 aromatic heterocycles. The molecule has 0 atom stereocenters. The molecule has 1 aromatic carbocycles. The minimum absolute atomic E-state index is 0.222. The van der Waals surface area contributed by atoms with E-state index in [2.05, 4.69) is 20.4 Å². The Hall–Kier alpha value is -2.98. The molecule has 0 heterocycles. The van der Waals surface area contributed by atoms with E-state index < -0.39 is 0 Å². The van der Waals surface area contributed by atoms with Crippen LogP contribution < -0.4 is 22.4 Å². The zero-order chi connectivity index (χ0) is 14.8. The predicted molar refractivity (Wildman–Crippen MR) is 74.7 cm³/mol. The van der Waals surface area contributed by atoms with E-state index in [1.807, 2.05) is 0 Å². The SMILES string of the molecule is N/C(=N\N=C\c1cccc(/C=N/N=C(\N)NO)c1)NO. The molecular weight excluding hydrogens is 264 g/mol. The average Bonchev–Trinajstić information content (AvgIpc) is 2.47. The van der Waals surface area contributed by atoms with Crippen LogP contribution >= 0.6 is 0 Å². The fourth-order valence-corrected chi connectivity index (χ4v) is 1.08. The maximum absolute atomic E-state index is 8.40. The molecular formula is C10H14N8O2. The summed E-state index contributed by atoms with van der Waals surface area (Å²) in [5.74, 6) is -0.444. The molecule has 0 saturated heterocycles. The molecule has 0 fully saturated rings. The second kappa shape index (κ2) is 8.18. The fourth-order valence-electron chi connectivity index (χ4n) is 1.08. The Morgan fingerprint density at radius 1 is 0.950 bits per heavy atom. The number of hydroxylamine groups is 2. The first-order chi connectivity index (χ1) is 9.65. The van der Waals surface area contributed by atoms with Gasteiger partial charge in [-0.1, -0.05) is 18.2 Å². The summed E-state index contributed by atoms with van der Waals surface area (Å²) in [4.78, 5) is 0. The van der Waals surface area contributed by atoms with Gasteiger partial charge in [0.1, 0.15) is 0 Å². The Morgan fingerprint density at radius 2 is 1.40 bits per heavy atom. The lowest BCUT2D eigenvalue weighted by Crippen LogP contribution is -2.27. The predicted octanol–water partition coefficient (Wildman–Crippen LogP) is -1.06. The van der Waals surface area contributed by atoms with Crippen molar-refractivity contribution in [1.29, 1.82) is 0 Å². The number of nitrogens with one attached hydrogen (secondary N) is 2. The number of hydrogen-bond acceptors (Lipinski definition) is 6. The van der Waals surface area contributed by atoms with E-state index in [4.69, 9.17) is 21.9 Å². The van der Waals surface area contributed by atoms with Gasteiger partial charge < -0.3 is 11.5 Å². The minimum atomic E-state index is -0.222. The van der Waals surface area contributed by atoms with Crippen LogP contribution in [0.5, 0.6) is 0 Å². The number of nitrogens with two attached hydrogens (primary N) is 2. The van der Waals surface area contributed by atoms with Gasteiger partial charge in [-0.15, -0.1) is 10.2 Å². The minimum Gasteiger partial charge on any atom is -0.367 e. The number of hydrogen-bond donors (Lipinski definition) is 6. The van der Waals surface area contributed by atoms with E-state index >= 15 is 0 Å². The molecule has 10 nitrogen and oxygen atoms in total. The zero-order valence-electron chi connectivity index (χ0n) is 10.3. The number of benzene rings is 1. The Morgan fingerprint density at radius 3 is 1.80 bits per heavy atom. The Bertz CT molecular complexity index is 507. The van der Waals surface area contributed by atoms with Crippen LogP contribution in [0.15, 0.2) is 44.7 Å². The van der Waals surface area contributed by atoms with Crippen LogP contribution in [0.4, 0.5) is 0 Å². The van der Waals surface area contributed by atoms with Gasteiger partial charge in [0, 0.05) is 0 Å². The maximum Gasteiger partial charge on any atom is 0.237 e. The molecule has 0 aliphatic carbocycles. The first kappa shape index (κ1) is 15.1. The van der Waals surface area contributed by atoms with Crippen LogP contribution in [-0.4, -0.2) is 34.8 Å². The molecule has 8 N–H and O–H groups in total. The maximum atomic E-state index is 8.40. The van der Waals surface area contributed by atoms with Gasteiger partial charge in [-0.25, -0.2) is 11.0 Å². The molecule has 20 heavy (non-hydrogen) atoms. The molecule has 0 radical (unpaired) electrons. The third-order valence-corrected chi connectivity index (χ3v) is 1.88. The standard InChI is InChI=1S/C10H14N8O2/c11-9(17-19)15-13-5-7-2-1-3-8(4-7)6-14-16-10(12)18-20/h1-6,19-20H,(H3,11,15,17)(H3,12,16,18)/b13-5+,14-6+. The monoisotopic (exact) mass is 278 g/mol. The van der Waals surface area contributed by atoms with Gasteiger partial charge in [0.15, 0.2) is 0 Å². The molecule has 0 saturated carbocycles. The summed E-state index contributed by atoms with van der Waals surface area (Å²) in [6.07, 6.45) is 2.88. The van der Waals surface area contributed by atoms with Gasteiger partial charge in [-0.2, -0.15) is 10.2 Å². The summed E-state index contributed by atoms with van der Waals surface area (Å²) in [5.41, 5.74) is 15.1. The van der Waals surface area contributed by atoms with Crippen molar-refractivity contribution in [2.45, 2.75) is 0 Å². The zero-order valence-corrected chi connectivity index (χ0v) is 10.3. The lowest BCUT2D eigenvalue weighted by molar-refractivity contribution is 0.232. The number of nitrogens with zero attached hydrogens (tertiary/aromatic N) is 4. The quantitative estimate of drug-likeness (QED) is 0.233. The van der Waals surface area contributed by atoms with Gasteiger partial charge in [-0.3, -0.25) is 10.4 Å². The Kier molecular flexibility index (Phi) is 6.17. The van der Waals surface area contributed by atoms with Crippen molar-refractivity contribution in [1.82, 2.24) is 11.0 Å². The van der Waals surface area contributed by atoms with Gasteiger partial charge >= 0.3 is 0 Å². The average molecular weight is 278 g/mol.